The van der Waals surface area contributed by atoms with Crippen LogP contribution < -0.4 is 24.8 Å². The number of sulfonamides is 1. The first-order valence-electron chi connectivity index (χ1n) is 21.2. The molecule has 7 rings (SSSR count). The first kappa shape index (κ1) is 44.4. The minimum Gasteiger partial charge on any atom is -0.486 e. The number of amides is 4. The number of aryl methyl sites for hydroxylation is 2. The minimum atomic E-state index is -4.54. The Kier molecular flexibility index (Phi) is 12.1. The molecule has 18 heteroatoms. The molecule has 3 N–H and O–H groups in total. The molecule has 5 aliphatic rings. The lowest BCUT2D eigenvalue weighted by Gasteiger charge is -2.49. The van der Waals surface area contributed by atoms with Crippen LogP contribution in [0.5, 0.6) is 11.5 Å². The van der Waals surface area contributed by atoms with Crippen LogP contribution in [-0.4, -0.2) is 95.5 Å². The molecule has 6 unspecified atom stereocenters. The van der Waals surface area contributed by atoms with E-state index in [9.17, 15) is 40.8 Å². The third-order valence-electron chi connectivity index (χ3n) is 12.8. The quantitative estimate of drug-likeness (QED) is 0.288. The highest BCUT2D eigenvalue weighted by molar-refractivity contribution is 7.91. The van der Waals surface area contributed by atoms with Crippen LogP contribution in [0.25, 0.3) is 10.9 Å². The fraction of sp³-hybridized carbons (Fsp3) is 0.651. The van der Waals surface area contributed by atoms with E-state index >= 15 is 0 Å². The Balaban J connectivity index is 1.24. The standard InChI is InChI=1S/C43H56F3N5O9S/c1-25-35-29(30-22-28(14-16-31(30)47-25)58-24-43(44,45)46)15-13-26-21-33-36(52)49-42(38(54)50-61(56,57)41(5)19-20-41)18-17-27(42)11-9-7-6-8-10-12-32(48-39(55)60-40(2,3)4)37(53)51(33)23-34(26)59-35/h9,11,14,16,22,26-27,32-34H,6-8,10,12-13,15,17-21,23-24H2,1-5H3,(H,48,55)(H,49,52)(H,50,54). The fourth-order valence-electron chi connectivity index (χ4n) is 8.93. The summed E-state index contributed by atoms with van der Waals surface area (Å²) in [6.07, 6.45) is 3.22. The van der Waals surface area contributed by atoms with E-state index in [-0.39, 0.29) is 37.5 Å². The van der Waals surface area contributed by atoms with Crippen molar-refractivity contribution in [2.45, 2.75) is 152 Å². The summed E-state index contributed by atoms with van der Waals surface area (Å²) < 4.78 is 84.4. The molecule has 0 bridgehead atoms. The average molecular weight is 876 g/mol. The molecule has 14 nitrogen and oxygen atoms in total. The maximum absolute atomic E-state index is 14.9. The summed E-state index contributed by atoms with van der Waals surface area (Å²) in [6.45, 7) is 6.90. The summed E-state index contributed by atoms with van der Waals surface area (Å²) in [5, 5.41) is 6.28. The maximum atomic E-state index is 14.9. The van der Waals surface area contributed by atoms with Gasteiger partial charge in [-0.15, -0.1) is 0 Å². The lowest BCUT2D eigenvalue weighted by atomic mass is 9.65. The molecule has 61 heavy (non-hydrogen) atoms. The topological polar surface area (TPSA) is 182 Å². The van der Waals surface area contributed by atoms with Gasteiger partial charge < -0.3 is 29.7 Å². The molecule has 334 valence electrons. The van der Waals surface area contributed by atoms with Gasteiger partial charge in [-0.3, -0.25) is 19.1 Å². The monoisotopic (exact) mass is 875 g/mol. The zero-order valence-electron chi connectivity index (χ0n) is 35.3. The molecule has 2 aliphatic carbocycles. The second-order valence-electron chi connectivity index (χ2n) is 18.5. The molecule has 3 aliphatic heterocycles. The van der Waals surface area contributed by atoms with E-state index in [1.165, 1.54) is 17.0 Å². The van der Waals surface area contributed by atoms with Gasteiger partial charge >= 0.3 is 12.3 Å². The van der Waals surface area contributed by atoms with Crippen molar-refractivity contribution in [3.05, 3.63) is 41.6 Å². The molecule has 2 aromatic rings. The summed E-state index contributed by atoms with van der Waals surface area (Å²) in [5.74, 6) is -2.40. The van der Waals surface area contributed by atoms with Gasteiger partial charge in [-0.1, -0.05) is 25.0 Å². The number of carbonyl (C=O) groups excluding carboxylic acids is 4. The molecular formula is C43H56F3N5O9S. The fourth-order valence-corrected chi connectivity index (χ4v) is 10.2. The number of benzene rings is 1. The molecule has 0 spiro atoms. The van der Waals surface area contributed by atoms with Crippen molar-refractivity contribution in [1.29, 1.82) is 0 Å². The van der Waals surface area contributed by atoms with Gasteiger partial charge in [-0.05, 0) is 117 Å². The van der Waals surface area contributed by atoms with E-state index in [1.54, 1.807) is 40.7 Å². The van der Waals surface area contributed by atoms with Crippen LogP contribution in [0.1, 0.15) is 110 Å². The second kappa shape index (κ2) is 16.6. The molecule has 2 saturated carbocycles. The van der Waals surface area contributed by atoms with Gasteiger partial charge in [0, 0.05) is 22.8 Å². The predicted molar refractivity (Wildman–Crippen MR) is 218 cm³/mol. The van der Waals surface area contributed by atoms with Crippen LogP contribution in [0, 0.1) is 18.8 Å². The Hall–Kier alpha value is -4.61. The number of piperidine rings is 1. The van der Waals surface area contributed by atoms with E-state index in [1.807, 2.05) is 12.2 Å². The Bertz CT molecular complexity index is 2210. The second-order valence-corrected chi connectivity index (χ2v) is 20.7. The number of hydrogen-bond acceptors (Lipinski definition) is 10. The Morgan fingerprint density at radius 3 is 2.49 bits per heavy atom. The number of carbonyl (C=O) groups is 4. The highest BCUT2D eigenvalue weighted by Gasteiger charge is 2.58. The van der Waals surface area contributed by atoms with Crippen LogP contribution in [0.3, 0.4) is 0 Å². The molecular weight excluding hydrogens is 820 g/mol. The smallest absolute Gasteiger partial charge is 0.422 e. The van der Waals surface area contributed by atoms with Gasteiger partial charge in [0.25, 0.3) is 5.91 Å². The highest BCUT2D eigenvalue weighted by Crippen LogP contribution is 2.46. The van der Waals surface area contributed by atoms with Gasteiger partial charge in [0.05, 0.1) is 22.5 Å². The zero-order chi connectivity index (χ0) is 44.1. The molecule has 1 aromatic heterocycles. The summed E-state index contributed by atoms with van der Waals surface area (Å²) in [5.41, 5.74) is -0.686. The number of aromatic nitrogens is 1. The van der Waals surface area contributed by atoms with E-state index in [0.29, 0.717) is 79.3 Å². The van der Waals surface area contributed by atoms with Crippen molar-refractivity contribution in [2.75, 3.05) is 13.2 Å². The van der Waals surface area contributed by atoms with Crippen molar-refractivity contribution in [3.8, 4) is 11.5 Å². The number of pyridine rings is 1. The first-order valence-corrected chi connectivity index (χ1v) is 22.7. The normalized spacial score (nSPS) is 28.1. The average Bonchev–Trinajstić information content (AvgIpc) is 3.96. The molecule has 6 atom stereocenters. The lowest BCUT2D eigenvalue weighted by molar-refractivity contribution is -0.153. The van der Waals surface area contributed by atoms with E-state index in [0.717, 1.165) is 6.42 Å². The lowest BCUT2D eigenvalue weighted by Crippen LogP contribution is -2.71. The van der Waals surface area contributed by atoms with Crippen molar-refractivity contribution in [2.24, 2.45) is 11.8 Å². The van der Waals surface area contributed by atoms with E-state index in [2.05, 4.69) is 20.3 Å². The van der Waals surface area contributed by atoms with Crippen LogP contribution >= 0.6 is 0 Å². The summed E-state index contributed by atoms with van der Waals surface area (Å²) >= 11 is 0. The third kappa shape index (κ3) is 9.58. The van der Waals surface area contributed by atoms with Crippen molar-refractivity contribution in [1.82, 2.24) is 25.2 Å². The maximum Gasteiger partial charge on any atom is 0.422 e. The number of rotatable bonds is 6. The van der Waals surface area contributed by atoms with Gasteiger partial charge in [0.2, 0.25) is 21.8 Å². The van der Waals surface area contributed by atoms with Crippen LogP contribution in [0.2, 0.25) is 0 Å². The van der Waals surface area contributed by atoms with Gasteiger partial charge in [-0.25, -0.2) is 18.2 Å². The molecule has 1 aromatic carbocycles. The number of alkyl carbamates (subject to hydrolysis) is 1. The molecule has 1 saturated heterocycles. The van der Waals surface area contributed by atoms with Crippen molar-refractivity contribution < 1.29 is 55.0 Å². The number of allylic oxidation sites excluding steroid dienone is 1. The predicted octanol–water partition coefficient (Wildman–Crippen LogP) is 6.07. The van der Waals surface area contributed by atoms with Crippen molar-refractivity contribution >= 4 is 44.7 Å². The summed E-state index contributed by atoms with van der Waals surface area (Å²) in [7, 11) is -4.06. The third-order valence-corrected chi connectivity index (χ3v) is 15.0. The largest absolute Gasteiger partial charge is 0.486 e. The van der Waals surface area contributed by atoms with Crippen LogP contribution in [0.15, 0.2) is 30.4 Å². The minimum absolute atomic E-state index is 0.0113. The highest BCUT2D eigenvalue weighted by atomic mass is 32.2. The first-order chi connectivity index (χ1) is 28.6. The van der Waals surface area contributed by atoms with E-state index < -0.39 is 86.6 Å². The zero-order valence-corrected chi connectivity index (χ0v) is 36.1. The number of nitrogens with one attached hydrogen (secondary N) is 3. The Morgan fingerprint density at radius 2 is 1.82 bits per heavy atom. The Morgan fingerprint density at radius 1 is 1.07 bits per heavy atom. The number of halogens is 3. The number of fused-ring (bicyclic) bond motifs is 6. The molecule has 3 fully saturated rings. The Labute approximate surface area is 354 Å². The number of ether oxygens (including phenoxy) is 3. The van der Waals surface area contributed by atoms with Crippen LogP contribution in [0.4, 0.5) is 18.0 Å². The van der Waals surface area contributed by atoms with Crippen LogP contribution in [-0.2, 0) is 35.6 Å². The molecule has 0 radical (unpaired) electrons. The van der Waals surface area contributed by atoms with E-state index in [4.69, 9.17) is 14.2 Å². The SMILES string of the molecule is Cc1nc2ccc(OCC(F)(F)F)cc2c2c1OC1CN3C(=O)C(NC(=O)OC(C)(C)C)CCCCCC=CC4CCC4(C(=O)NS(=O)(=O)C4(C)CC4)NC(=O)C3CC1CC2. The number of nitrogens with zero attached hydrogens (tertiary/aromatic N) is 2. The molecule has 4 amide bonds. The van der Waals surface area contributed by atoms with Gasteiger partial charge in [0.15, 0.2) is 6.61 Å². The molecule has 4 heterocycles. The summed E-state index contributed by atoms with van der Waals surface area (Å²) in [6, 6.07) is 2.29. The van der Waals surface area contributed by atoms with Gasteiger partial charge in [0.1, 0.15) is 40.8 Å². The summed E-state index contributed by atoms with van der Waals surface area (Å²) in [4.78, 5) is 63.3. The number of hydrogen-bond donors (Lipinski definition) is 3. The van der Waals surface area contributed by atoms with Crippen molar-refractivity contribution in [3.63, 3.8) is 0 Å². The van der Waals surface area contributed by atoms with Gasteiger partial charge in [-0.2, -0.15) is 13.2 Å². The number of alkyl halides is 3.